The summed E-state index contributed by atoms with van der Waals surface area (Å²) in [6, 6.07) is 4.31. The lowest BCUT2D eigenvalue weighted by atomic mass is 10.1. The van der Waals surface area contributed by atoms with Crippen molar-refractivity contribution in [3.8, 4) is 0 Å². The van der Waals surface area contributed by atoms with E-state index in [1.54, 1.807) is 25.5 Å². The molecule has 0 saturated heterocycles. The fraction of sp³-hybridized carbons (Fsp3) is 0.357. The van der Waals surface area contributed by atoms with Crippen molar-refractivity contribution in [1.82, 2.24) is 20.1 Å². The van der Waals surface area contributed by atoms with Crippen molar-refractivity contribution >= 4 is 35.8 Å². The van der Waals surface area contributed by atoms with Crippen molar-refractivity contribution in [3.63, 3.8) is 0 Å². The summed E-state index contributed by atoms with van der Waals surface area (Å²) in [4.78, 5) is 23.3. The van der Waals surface area contributed by atoms with Crippen molar-refractivity contribution in [2.75, 3.05) is 6.54 Å². The number of carbonyl (C=O) groups is 1. The van der Waals surface area contributed by atoms with Crippen LogP contribution < -0.4 is 11.1 Å². The molecule has 3 N–H and O–H groups in total. The predicted octanol–water partition coefficient (Wildman–Crippen LogP) is 1.76. The van der Waals surface area contributed by atoms with Crippen molar-refractivity contribution in [2.24, 2.45) is 12.8 Å². The number of nitro groups is 1. The maximum Gasteiger partial charge on any atom is 0.284 e. The van der Waals surface area contributed by atoms with Crippen LogP contribution in [-0.2, 0) is 7.05 Å². The molecule has 0 unspecified atom stereocenters. The number of amides is 1. The third-order valence-corrected chi connectivity index (χ3v) is 4.11. The molecule has 1 aromatic heterocycles. The molecule has 2 rings (SSSR count). The molecule has 0 fully saturated rings. The van der Waals surface area contributed by atoms with Gasteiger partial charge in [0.25, 0.3) is 11.6 Å². The highest BCUT2D eigenvalue weighted by Gasteiger charge is 2.21. The van der Waals surface area contributed by atoms with E-state index < -0.39 is 16.4 Å². The lowest BCUT2D eigenvalue weighted by molar-refractivity contribution is -0.387. The first-order chi connectivity index (χ1) is 11.2. The summed E-state index contributed by atoms with van der Waals surface area (Å²) in [5.41, 5.74) is 5.28. The number of hydrogen-bond acceptors (Lipinski definition) is 7. The van der Waals surface area contributed by atoms with E-state index in [-0.39, 0.29) is 30.2 Å². The summed E-state index contributed by atoms with van der Waals surface area (Å²) in [6.45, 7) is 3.81. The van der Waals surface area contributed by atoms with Gasteiger partial charge in [0.15, 0.2) is 5.16 Å². The minimum absolute atomic E-state index is 0. The fourth-order valence-electron chi connectivity index (χ4n) is 1.76. The number of rotatable bonds is 6. The molecule has 25 heavy (non-hydrogen) atoms. The highest BCUT2D eigenvalue weighted by atomic mass is 35.5. The van der Waals surface area contributed by atoms with Crippen molar-refractivity contribution in [1.29, 1.82) is 0 Å². The van der Waals surface area contributed by atoms with E-state index in [2.05, 4.69) is 15.5 Å². The average molecular weight is 387 g/mol. The van der Waals surface area contributed by atoms with E-state index in [0.29, 0.717) is 10.1 Å². The normalized spacial score (nSPS) is 10.9. The zero-order valence-corrected chi connectivity index (χ0v) is 15.6. The molecular formula is C14H19ClN6O3S. The fourth-order valence-corrected chi connectivity index (χ4v) is 2.61. The summed E-state index contributed by atoms with van der Waals surface area (Å²) in [5.74, 6) is -0.410. The van der Waals surface area contributed by atoms with Crippen LogP contribution in [0, 0.1) is 10.1 Å². The number of carbonyl (C=O) groups excluding carboxylic acids is 1. The Bertz CT molecular complexity index is 774. The minimum Gasteiger partial charge on any atom is -0.350 e. The highest BCUT2D eigenvalue weighted by Crippen LogP contribution is 2.34. The van der Waals surface area contributed by atoms with E-state index >= 15 is 0 Å². The van der Waals surface area contributed by atoms with Gasteiger partial charge in [0.2, 0.25) is 0 Å². The van der Waals surface area contributed by atoms with Crippen LogP contribution in [0.15, 0.2) is 34.6 Å². The molecule has 0 spiro atoms. The number of halogens is 1. The topological polar surface area (TPSA) is 129 Å². The molecule has 0 bridgehead atoms. The zero-order valence-electron chi connectivity index (χ0n) is 13.9. The monoisotopic (exact) mass is 386 g/mol. The zero-order chi connectivity index (χ0) is 17.9. The van der Waals surface area contributed by atoms with Crippen LogP contribution in [0.4, 0.5) is 5.69 Å². The van der Waals surface area contributed by atoms with Gasteiger partial charge < -0.3 is 15.6 Å². The maximum absolute atomic E-state index is 12.1. The van der Waals surface area contributed by atoms with Crippen molar-refractivity contribution < 1.29 is 9.72 Å². The van der Waals surface area contributed by atoms with Crippen LogP contribution in [0.2, 0.25) is 0 Å². The van der Waals surface area contributed by atoms with Crippen LogP contribution in [0.5, 0.6) is 0 Å². The molecule has 11 heteroatoms. The molecule has 0 radical (unpaired) electrons. The number of benzene rings is 1. The van der Waals surface area contributed by atoms with Gasteiger partial charge in [-0.15, -0.1) is 22.6 Å². The highest BCUT2D eigenvalue weighted by molar-refractivity contribution is 7.99. The summed E-state index contributed by atoms with van der Waals surface area (Å²) in [6.07, 6.45) is 1.50. The SMILES string of the molecule is Cl.Cn1cnnc1Sc1ccc(C(=O)NCC(C)(C)N)cc1[N+](=O)[O-]. The average Bonchev–Trinajstić information content (AvgIpc) is 2.89. The third kappa shape index (κ3) is 5.69. The molecule has 0 aliphatic rings. The Hall–Kier alpha value is -2.17. The minimum atomic E-state index is -0.567. The Balaban J connectivity index is 0.00000312. The van der Waals surface area contributed by atoms with E-state index in [1.807, 2.05) is 0 Å². The third-order valence-electron chi connectivity index (χ3n) is 2.99. The molecule has 136 valence electrons. The van der Waals surface area contributed by atoms with Gasteiger partial charge in [-0.25, -0.2) is 0 Å². The first-order valence-corrected chi connectivity index (χ1v) is 7.86. The van der Waals surface area contributed by atoms with E-state index in [4.69, 9.17) is 5.73 Å². The Morgan fingerprint density at radius 2 is 2.16 bits per heavy atom. The standard InChI is InChI=1S/C14H18N6O3S.ClH/c1-14(2,15)7-16-12(21)9-4-5-11(10(6-9)20(22)23)24-13-18-17-8-19(13)3;/h4-6,8H,7,15H2,1-3H3,(H,16,21);1H. The second-order valence-electron chi connectivity index (χ2n) is 5.94. The summed E-state index contributed by atoms with van der Waals surface area (Å²) < 4.78 is 1.65. The number of hydrogen-bond donors (Lipinski definition) is 2. The molecule has 1 aromatic carbocycles. The van der Waals surface area contributed by atoms with Crippen LogP contribution in [0.3, 0.4) is 0 Å². The lowest BCUT2D eigenvalue weighted by Crippen LogP contribution is -2.45. The lowest BCUT2D eigenvalue weighted by Gasteiger charge is -2.18. The van der Waals surface area contributed by atoms with Gasteiger partial charge in [0.1, 0.15) is 6.33 Å². The summed E-state index contributed by atoms with van der Waals surface area (Å²) in [7, 11) is 1.74. The van der Waals surface area contributed by atoms with Gasteiger partial charge in [0, 0.05) is 30.8 Å². The molecule has 1 heterocycles. The van der Waals surface area contributed by atoms with Crippen LogP contribution in [-0.4, -0.2) is 37.7 Å². The Kier molecular flexibility index (Phi) is 6.91. The van der Waals surface area contributed by atoms with Gasteiger partial charge in [-0.05, 0) is 37.7 Å². The first-order valence-electron chi connectivity index (χ1n) is 7.05. The van der Waals surface area contributed by atoms with Crippen LogP contribution in [0.1, 0.15) is 24.2 Å². The smallest absolute Gasteiger partial charge is 0.284 e. The number of nitrogens with two attached hydrogens (primary N) is 1. The quantitative estimate of drug-likeness (QED) is 0.571. The maximum atomic E-state index is 12.1. The number of nitrogens with zero attached hydrogens (tertiary/aromatic N) is 4. The Morgan fingerprint density at radius 3 is 2.68 bits per heavy atom. The van der Waals surface area contributed by atoms with E-state index in [9.17, 15) is 14.9 Å². The number of aryl methyl sites for hydroxylation is 1. The Labute approximate surface area is 154 Å². The van der Waals surface area contributed by atoms with Gasteiger partial charge >= 0.3 is 0 Å². The molecular weight excluding hydrogens is 368 g/mol. The van der Waals surface area contributed by atoms with E-state index in [0.717, 1.165) is 11.8 Å². The molecule has 0 aliphatic heterocycles. The number of aromatic nitrogens is 3. The van der Waals surface area contributed by atoms with Crippen LogP contribution >= 0.6 is 24.2 Å². The molecule has 2 aromatic rings. The number of nitro benzene ring substituents is 1. The van der Waals surface area contributed by atoms with Crippen molar-refractivity contribution in [3.05, 3.63) is 40.2 Å². The number of nitrogens with one attached hydrogen (secondary N) is 1. The van der Waals surface area contributed by atoms with Gasteiger partial charge in [-0.2, -0.15) is 0 Å². The molecule has 0 saturated carbocycles. The molecule has 9 nitrogen and oxygen atoms in total. The second-order valence-corrected chi connectivity index (χ2v) is 6.95. The van der Waals surface area contributed by atoms with E-state index in [1.165, 1.54) is 24.5 Å². The van der Waals surface area contributed by atoms with Gasteiger partial charge in [0.05, 0.1) is 9.82 Å². The second kappa shape index (κ2) is 8.28. The summed E-state index contributed by atoms with van der Waals surface area (Å²) >= 11 is 1.11. The molecule has 0 atom stereocenters. The molecule has 0 aliphatic carbocycles. The predicted molar refractivity (Wildman–Crippen MR) is 96.1 cm³/mol. The van der Waals surface area contributed by atoms with Gasteiger partial charge in [-0.3, -0.25) is 14.9 Å². The molecule has 1 amide bonds. The van der Waals surface area contributed by atoms with Crippen molar-refractivity contribution in [2.45, 2.75) is 29.4 Å². The van der Waals surface area contributed by atoms with Gasteiger partial charge in [-0.1, -0.05) is 0 Å². The summed E-state index contributed by atoms with van der Waals surface area (Å²) in [5, 5.41) is 22.1. The van der Waals surface area contributed by atoms with Crippen LogP contribution in [0.25, 0.3) is 0 Å². The largest absolute Gasteiger partial charge is 0.350 e. The first kappa shape index (κ1) is 20.9. The Morgan fingerprint density at radius 1 is 1.48 bits per heavy atom.